The standard InChI is InChI=1S/C20H31NO3/c1-19-7-6-12(22)8-11(19)4-5-13-14-9-16(23)18(24)20(14,2)10-15(21-3)17(13)19/h4-5,12,14-18,21-24H,6-10H2,1-3H3/t12?,14-,15?,16?,17-,18?,19-,20-/m0/s1. The lowest BCUT2D eigenvalue weighted by molar-refractivity contribution is -0.0460. The van der Waals surface area contributed by atoms with Crippen LogP contribution in [-0.4, -0.2) is 46.7 Å². The highest BCUT2D eigenvalue weighted by Gasteiger charge is 2.61. The van der Waals surface area contributed by atoms with E-state index in [1.165, 1.54) is 11.1 Å². The van der Waals surface area contributed by atoms with E-state index >= 15 is 0 Å². The number of aliphatic hydroxyl groups is 3. The zero-order chi connectivity index (χ0) is 17.3. The van der Waals surface area contributed by atoms with Crippen LogP contribution in [0.3, 0.4) is 0 Å². The minimum absolute atomic E-state index is 0.0802. The molecule has 8 atom stereocenters. The van der Waals surface area contributed by atoms with Gasteiger partial charge in [-0.05, 0) is 50.5 Å². The molecule has 4 nitrogen and oxygen atoms in total. The van der Waals surface area contributed by atoms with Crippen LogP contribution in [0.15, 0.2) is 23.3 Å². The SMILES string of the molecule is CNC1C[C@]2(C)C(O)C(O)C[C@H]2C2=CC=C3CC(O)CC[C@]3(C)[C@@H]21. The maximum Gasteiger partial charge on any atom is 0.0859 e. The minimum Gasteiger partial charge on any atom is -0.393 e. The monoisotopic (exact) mass is 333 g/mol. The van der Waals surface area contributed by atoms with Gasteiger partial charge in [0, 0.05) is 17.4 Å². The summed E-state index contributed by atoms with van der Waals surface area (Å²) in [6.45, 7) is 4.50. The Labute approximate surface area is 144 Å². The van der Waals surface area contributed by atoms with Crippen molar-refractivity contribution < 1.29 is 15.3 Å². The molecule has 0 spiro atoms. The summed E-state index contributed by atoms with van der Waals surface area (Å²) in [7, 11) is 2.02. The van der Waals surface area contributed by atoms with Crippen molar-refractivity contribution in [2.24, 2.45) is 22.7 Å². The Balaban J connectivity index is 1.80. The first-order valence-corrected chi connectivity index (χ1v) is 9.44. The molecule has 0 radical (unpaired) electrons. The fourth-order valence-corrected chi connectivity index (χ4v) is 6.43. The topological polar surface area (TPSA) is 72.7 Å². The zero-order valence-corrected chi connectivity index (χ0v) is 15.0. The van der Waals surface area contributed by atoms with Gasteiger partial charge in [0.15, 0.2) is 0 Å². The van der Waals surface area contributed by atoms with Crippen LogP contribution in [-0.2, 0) is 0 Å². The first-order chi connectivity index (χ1) is 11.3. The van der Waals surface area contributed by atoms with Crippen LogP contribution < -0.4 is 5.32 Å². The van der Waals surface area contributed by atoms with Crippen molar-refractivity contribution in [1.82, 2.24) is 5.32 Å². The van der Waals surface area contributed by atoms with Gasteiger partial charge in [0.25, 0.3) is 0 Å². The molecular weight excluding hydrogens is 302 g/mol. The maximum atomic E-state index is 10.6. The Morgan fingerprint density at radius 3 is 2.62 bits per heavy atom. The molecule has 24 heavy (non-hydrogen) atoms. The molecule has 3 fully saturated rings. The third-order valence-corrected chi connectivity index (χ3v) is 7.86. The summed E-state index contributed by atoms with van der Waals surface area (Å²) >= 11 is 0. The average molecular weight is 333 g/mol. The van der Waals surface area contributed by atoms with E-state index in [1.54, 1.807) is 0 Å². The van der Waals surface area contributed by atoms with E-state index in [0.717, 1.165) is 25.7 Å². The molecule has 4 aliphatic carbocycles. The summed E-state index contributed by atoms with van der Waals surface area (Å²) < 4.78 is 0. The van der Waals surface area contributed by atoms with Gasteiger partial charge in [0.1, 0.15) is 0 Å². The molecule has 134 valence electrons. The number of rotatable bonds is 1. The molecule has 0 aliphatic heterocycles. The molecule has 0 amide bonds. The minimum atomic E-state index is -0.647. The second kappa shape index (κ2) is 5.41. The van der Waals surface area contributed by atoms with Crippen molar-refractivity contribution >= 4 is 0 Å². The molecule has 4 heteroatoms. The molecule has 4 rings (SSSR count). The predicted molar refractivity (Wildman–Crippen MR) is 93.3 cm³/mol. The van der Waals surface area contributed by atoms with Crippen LogP contribution in [0.4, 0.5) is 0 Å². The normalized spacial score (nSPS) is 53.6. The van der Waals surface area contributed by atoms with Gasteiger partial charge in [-0.15, -0.1) is 0 Å². The lowest BCUT2D eigenvalue weighted by atomic mass is 9.49. The second-order valence-electron chi connectivity index (χ2n) is 9.06. The van der Waals surface area contributed by atoms with E-state index in [4.69, 9.17) is 0 Å². The van der Waals surface area contributed by atoms with E-state index in [2.05, 4.69) is 31.3 Å². The van der Waals surface area contributed by atoms with Gasteiger partial charge >= 0.3 is 0 Å². The molecule has 0 bridgehead atoms. The Morgan fingerprint density at radius 2 is 1.92 bits per heavy atom. The van der Waals surface area contributed by atoms with Crippen molar-refractivity contribution in [3.05, 3.63) is 23.3 Å². The van der Waals surface area contributed by atoms with Gasteiger partial charge in [-0.25, -0.2) is 0 Å². The fraction of sp³-hybridized carbons (Fsp3) is 0.800. The lowest BCUT2D eigenvalue weighted by Gasteiger charge is -2.57. The van der Waals surface area contributed by atoms with Crippen LogP contribution in [0, 0.1) is 22.7 Å². The Hall–Kier alpha value is -0.680. The largest absolute Gasteiger partial charge is 0.393 e. The van der Waals surface area contributed by atoms with Crippen molar-refractivity contribution in [2.75, 3.05) is 7.05 Å². The van der Waals surface area contributed by atoms with Crippen LogP contribution in [0.1, 0.15) is 46.0 Å². The molecule has 0 saturated heterocycles. The average Bonchev–Trinajstić information content (AvgIpc) is 2.78. The highest BCUT2D eigenvalue weighted by atomic mass is 16.3. The van der Waals surface area contributed by atoms with Crippen molar-refractivity contribution in [2.45, 2.75) is 70.3 Å². The summed E-state index contributed by atoms with van der Waals surface area (Å²) in [5.74, 6) is 0.643. The van der Waals surface area contributed by atoms with Gasteiger partial charge in [-0.3, -0.25) is 0 Å². The summed E-state index contributed by atoms with van der Waals surface area (Å²) in [6, 6.07) is 0.293. The lowest BCUT2D eigenvalue weighted by Crippen LogP contribution is -2.57. The number of hydrogen-bond donors (Lipinski definition) is 4. The number of allylic oxidation sites excluding steroid dienone is 2. The molecule has 4 N–H and O–H groups in total. The highest BCUT2D eigenvalue weighted by molar-refractivity contribution is 5.41. The van der Waals surface area contributed by atoms with Gasteiger partial charge in [0.05, 0.1) is 18.3 Å². The molecule has 0 aromatic heterocycles. The van der Waals surface area contributed by atoms with Gasteiger partial charge in [0.2, 0.25) is 0 Å². The number of fused-ring (bicyclic) bond motifs is 5. The fourth-order valence-electron chi connectivity index (χ4n) is 6.43. The van der Waals surface area contributed by atoms with E-state index in [-0.39, 0.29) is 22.9 Å². The predicted octanol–water partition coefficient (Wildman–Crippen LogP) is 1.76. The van der Waals surface area contributed by atoms with Gasteiger partial charge < -0.3 is 20.6 Å². The summed E-state index contributed by atoms with van der Waals surface area (Å²) in [4.78, 5) is 0. The maximum absolute atomic E-state index is 10.6. The first kappa shape index (κ1) is 16.8. The number of hydrogen-bond acceptors (Lipinski definition) is 4. The number of aliphatic hydroxyl groups excluding tert-OH is 3. The molecule has 0 aromatic carbocycles. The molecular formula is C20H31NO3. The Kier molecular flexibility index (Phi) is 3.78. The van der Waals surface area contributed by atoms with Crippen LogP contribution in [0.25, 0.3) is 0 Å². The van der Waals surface area contributed by atoms with Crippen molar-refractivity contribution in [1.29, 1.82) is 0 Å². The molecule has 3 saturated carbocycles. The first-order valence-electron chi connectivity index (χ1n) is 9.44. The third-order valence-electron chi connectivity index (χ3n) is 7.86. The second-order valence-corrected chi connectivity index (χ2v) is 9.06. The van der Waals surface area contributed by atoms with Crippen molar-refractivity contribution in [3.63, 3.8) is 0 Å². The van der Waals surface area contributed by atoms with Gasteiger partial charge in [-0.1, -0.05) is 37.1 Å². The smallest absolute Gasteiger partial charge is 0.0859 e. The summed E-state index contributed by atoms with van der Waals surface area (Å²) in [5.41, 5.74) is 2.60. The Morgan fingerprint density at radius 1 is 1.17 bits per heavy atom. The van der Waals surface area contributed by atoms with E-state index in [0.29, 0.717) is 18.4 Å². The summed E-state index contributed by atoms with van der Waals surface area (Å²) in [5, 5.41) is 34.6. The van der Waals surface area contributed by atoms with E-state index in [9.17, 15) is 15.3 Å². The summed E-state index contributed by atoms with van der Waals surface area (Å²) in [6.07, 6.45) is 7.20. The van der Waals surface area contributed by atoms with Crippen LogP contribution in [0.2, 0.25) is 0 Å². The Bertz CT molecular complexity index is 600. The molecule has 4 unspecified atom stereocenters. The van der Waals surface area contributed by atoms with Gasteiger partial charge in [-0.2, -0.15) is 0 Å². The molecule has 0 heterocycles. The van der Waals surface area contributed by atoms with Crippen molar-refractivity contribution in [3.8, 4) is 0 Å². The quantitative estimate of drug-likeness (QED) is 0.590. The van der Waals surface area contributed by atoms with E-state index in [1.807, 2.05) is 7.05 Å². The molecule has 4 aliphatic rings. The molecule has 0 aromatic rings. The van der Waals surface area contributed by atoms with E-state index < -0.39 is 12.2 Å². The van der Waals surface area contributed by atoms with Crippen LogP contribution in [0.5, 0.6) is 0 Å². The van der Waals surface area contributed by atoms with Crippen LogP contribution >= 0.6 is 0 Å². The highest BCUT2D eigenvalue weighted by Crippen LogP contribution is 2.63. The zero-order valence-electron chi connectivity index (χ0n) is 15.0. The third kappa shape index (κ3) is 2.06. The number of nitrogens with one attached hydrogen (secondary N) is 1.